The van der Waals surface area contributed by atoms with E-state index in [-0.39, 0.29) is 36.0 Å². The van der Waals surface area contributed by atoms with Crippen LogP contribution >= 0.6 is 0 Å². The first-order chi connectivity index (χ1) is 18.5. The number of hydrogen-bond donors (Lipinski definition) is 1. The first-order valence-electron chi connectivity index (χ1n) is 13.2. The molecule has 2 aliphatic rings. The lowest BCUT2D eigenvalue weighted by atomic mass is 10.0. The number of amides is 2. The van der Waals surface area contributed by atoms with Crippen molar-refractivity contribution >= 4 is 34.5 Å². The molecule has 1 atom stereocenters. The Labute approximate surface area is 220 Å². The Balaban J connectivity index is 1.11. The van der Waals surface area contributed by atoms with Crippen molar-refractivity contribution in [2.24, 2.45) is 5.92 Å². The lowest BCUT2D eigenvalue weighted by molar-refractivity contribution is -0.127. The van der Waals surface area contributed by atoms with Crippen LogP contribution in [0.4, 0.5) is 16.0 Å². The predicted molar refractivity (Wildman–Crippen MR) is 146 cm³/mol. The first-order valence-corrected chi connectivity index (χ1v) is 13.2. The molecular weight excluding hydrogens is 481 g/mol. The van der Waals surface area contributed by atoms with E-state index in [9.17, 15) is 14.0 Å². The molecule has 2 saturated heterocycles. The summed E-state index contributed by atoms with van der Waals surface area (Å²) in [6.07, 6.45) is 1.82. The molecule has 2 aliphatic heterocycles. The van der Waals surface area contributed by atoms with E-state index >= 15 is 0 Å². The highest BCUT2D eigenvalue weighted by Gasteiger charge is 2.36. The fourth-order valence-electron chi connectivity index (χ4n) is 5.56. The van der Waals surface area contributed by atoms with Crippen LogP contribution in [0, 0.1) is 11.7 Å². The standard InChI is InChI=1S/C30H30FN5O2/c31-23-8-6-7-21(17-23)19-36-27-12-5-4-11-26(27)33-30(36)34-15-13-24(14-16-34)32-29(38)22-18-28(37)35(20-22)25-9-2-1-3-10-25/h1-12,17,22,24H,13-16,18-20H2,(H,32,38). The number of nitrogens with one attached hydrogen (secondary N) is 1. The summed E-state index contributed by atoms with van der Waals surface area (Å²) >= 11 is 0. The highest BCUT2D eigenvalue weighted by molar-refractivity contribution is 6.00. The van der Waals surface area contributed by atoms with Crippen LogP contribution in [0.2, 0.25) is 0 Å². The van der Waals surface area contributed by atoms with Crippen molar-refractivity contribution < 1.29 is 14.0 Å². The second kappa shape index (κ2) is 10.3. The van der Waals surface area contributed by atoms with Crippen LogP contribution < -0.4 is 15.1 Å². The molecule has 1 unspecified atom stereocenters. The molecule has 6 rings (SSSR count). The van der Waals surface area contributed by atoms with Crippen molar-refractivity contribution in [2.75, 3.05) is 29.4 Å². The number of imidazole rings is 1. The molecule has 7 nitrogen and oxygen atoms in total. The summed E-state index contributed by atoms with van der Waals surface area (Å²) in [6, 6.07) is 24.2. The van der Waals surface area contributed by atoms with Gasteiger partial charge in [-0.1, -0.05) is 42.5 Å². The van der Waals surface area contributed by atoms with E-state index in [4.69, 9.17) is 4.98 Å². The van der Waals surface area contributed by atoms with E-state index in [1.807, 2.05) is 60.7 Å². The number of carbonyl (C=O) groups is 2. The number of aromatic nitrogens is 2. The third-order valence-corrected chi connectivity index (χ3v) is 7.55. The van der Waals surface area contributed by atoms with Gasteiger partial charge in [-0.2, -0.15) is 0 Å². The SMILES string of the molecule is O=C(NC1CCN(c2nc3ccccc3n2Cc2cccc(F)c2)CC1)C1CC(=O)N(c2ccccc2)C1. The van der Waals surface area contributed by atoms with Crippen LogP contribution in [-0.4, -0.2) is 47.0 Å². The van der Waals surface area contributed by atoms with E-state index in [1.165, 1.54) is 6.07 Å². The van der Waals surface area contributed by atoms with Crippen LogP contribution in [0.1, 0.15) is 24.8 Å². The fraction of sp³-hybridized carbons (Fsp3) is 0.300. The maximum absolute atomic E-state index is 13.9. The van der Waals surface area contributed by atoms with Gasteiger partial charge in [0.25, 0.3) is 0 Å². The van der Waals surface area contributed by atoms with Crippen molar-refractivity contribution in [3.8, 4) is 0 Å². The number of benzene rings is 3. The quantitative estimate of drug-likeness (QED) is 0.418. The molecule has 1 aromatic heterocycles. The molecule has 2 fully saturated rings. The number of fused-ring (bicyclic) bond motifs is 1. The summed E-state index contributed by atoms with van der Waals surface area (Å²) in [5.74, 6) is 0.217. The van der Waals surface area contributed by atoms with Crippen molar-refractivity contribution in [3.63, 3.8) is 0 Å². The molecule has 2 amide bonds. The second-order valence-electron chi connectivity index (χ2n) is 10.1. The Kier molecular flexibility index (Phi) is 6.54. The number of carbonyl (C=O) groups excluding carboxylic acids is 2. The van der Waals surface area contributed by atoms with E-state index in [2.05, 4.69) is 14.8 Å². The lowest BCUT2D eigenvalue weighted by Crippen LogP contribution is -2.47. The van der Waals surface area contributed by atoms with Gasteiger partial charge in [0, 0.05) is 37.8 Å². The average molecular weight is 512 g/mol. The maximum Gasteiger partial charge on any atom is 0.227 e. The molecule has 0 saturated carbocycles. The first kappa shape index (κ1) is 24.2. The van der Waals surface area contributed by atoms with Crippen molar-refractivity contribution in [3.05, 3.63) is 90.2 Å². The molecular formula is C30H30FN5O2. The predicted octanol–water partition coefficient (Wildman–Crippen LogP) is 4.36. The Morgan fingerprint density at radius 1 is 0.974 bits per heavy atom. The van der Waals surface area contributed by atoms with Crippen LogP contribution in [0.5, 0.6) is 0 Å². The van der Waals surface area contributed by atoms with Gasteiger partial charge in [0.1, 0.15) is 5.82 Å². The molecule has 3 aromatic carbocycles. The van der Waals surface area contributed by atoms with Crippen LogP contribution in [0.3, 0.4) is 0 Å². The second-order valence-corrected chi connectivity index (χ2v) is 10.1. The molecule has 4 aromatic rings. The highest BCUT2D eigenvalue weighted by Crippen LogP contribution is 2.28. The fourth-order valence-corrected chi connectivity index (χ4v) is 5.56. The van der Waals surface area contributed by atoms with Gasteiger partial charge in [0.2, 0.25) is 17.8 Å². The number of anilines is 2. The van der Waals surface area contributed by atoms with Gasteiger partial charge < -0.3 is 19.7 Å². The Morgan fingerprint density at radius 3 is 2.53 bits per heavy atom. The average Bonchev–Trinajstić information content (AvgIpc) is 3.50. The third kappa shape index (κ3) is 4.86. The van der Waals surface area contributed by atoms with Gasteiger partial charge >= 0.3 is 0 Å². The number of halogens is 1. The third-order valence-electron chi connectivity index (χ3n) is 7.55. The summed E-state index contributed by atoms with van der Waals surface area (Å²) in [5.41, 5.74) is 3.63. The maximum atomic E-state index is 13.9. The molecule has 0 aliphatic carbocycles. The van der Waals surface area contributed by atoms with E-state index in [1.54, 1.807) is 17.0 Å². The molecule has 3 heterocycles. The van der Waals surface area contributed by atoms with Crippen LogP contribution in [-0.2, 0) is 16.1 Å². The summed E-state index contributed by atoms with van der Waals surface area (Å²) in [4.78, 5) is 34.5. The largest absolute Gasteiger partial charge is 0.353 e. The number of nitrogens with zero attached hydrogens (tertiary/aromatic N) is 4. The van der Waals surface area contributed by atoms with Gasteiger partial charge in [-0.05, 0) is 54.8 Å². The summed E-state index contributed by atoms with van der Waals surface area (Å²) < 4.78 is 16.0. The van der Waals surface area contributed by atoms with Crippen LogP contribution in [0.15, 0.2) is 78.9 Å². The lowest BCUT2D eigenvalue weighted by Gasteiger charge is -2.33. The molecule has 1 N–H and O–H groups in total. The van der Waals surface area contributed by atoms with Gasteiger partial charge in [-0.3, -0.25) is 9.59 Å². The summed E-state index contributed by atoms with van der Waals surface area (Å²) in [7, 11) is 0. The Hall–Kier alpha value is -4.20. The van der Waals surface area contributed by atoms with Crippen LogP contribution in [0.25, 0.3) is 11.0 Å². The minimum absolute atomic E-state index is 0.0108. The number of para-hydroxylation sites is 3. The Morgan fingerprint density at radius 2 is 1.74 bits per heavy atom. The minimum atomic E-state index is -0.337. The van der Waals surface area contributed by atoms with Gasteiger partial charge in [0.05, 0.1) is 23.5 Å². The van der Waals surface area contributed by atoms with Crippen molar-refractivity contribution in [1.82, 2.24) is 14.9 Å². The summed E-state index contributed by atoms with van der Waals surface area (Å²) in [5, 5.41) is 3.20. The zero-order valence-electron chi connectivity index (χ0n) is 21.1. The monoisotopic (exact) mass is 511 g/mol. The van der Waals surface area contributed by atoms with Crippen molar-refractivity contribution in [2.45, 2.75) is 31.8 Å². The molecule has 0 spiro atoms. The van der Waals surface area contributed by atoms with E-state index < -0.39 is 0 Å². The van der Waals surface area contributed by atoms with Gasteiger partial charge in [-0.15, -0.1) is 0 Å². The normalized spacial score (nSPS) is 18.3. The molecule has 0 radical (unpaired) electrons. The molecule has 0 bridgehead atoms. The minimum Gasteiger partial charge on any atom is -0.353 e. The zero-order chi connectivity index (χ0) is 26.1. The van der Waals surface area contributed by atoms with Crippen molar-refractivity contribution in [1.29, 1.82) is 0 Å². The smallest absolute Gasteiger partial charge is 0.227 e. The highest BCUT2D eigenvalue weighted by atomic mass is 19.1. The van der Waals surface area contributed by atoms with Gasteiger partial charge in [0.15, 0.2) is 0 Å². The molecule has 194 valence electrons. The Bertz CT molecular complexity index is 1460. The zero-order valence-corrected chi connectivity index (χ0v) is 21.1. The molecule has 38 heavy (non-hydrogen) atoms. The number of hydrogen-bond acceptors (Lipinski definition) is 4. The summed E-state index contributed by atoms with van der Waals surface area (Å²) in [6.45, 7) is 2.43. The van der Waals surface area contributed by atoms with E-state index in [0.29, 0.717) is 13.1 Å². The topological polar surface area (TPSA) is 70.5 Å². The molecule has 8 heteroatoms. The van der Waals surface area contributed by atoms with E-state index in [0.717, 1.165) is 54.2 Å². The van der Waals surface area contributed by atoms with Gasteiger partial charge in [-0.25, -0.2) is 9.37 Å². The number of rotatable bonds is 6. The number of piperidine rings is 1.